The second-order valence-electron chi connectivity index (χ2n) is 3.24. The van der Waals surface area contributed by atoms with Crippen molar-refractivity contribution in [2.45, 2.75) is 0 Å². The predicted molar refractivity (Wildman–Crippen MR) is 63.8 cm³/mol. The Bertz CT molecular complexity index is 558. The van der Waals surface area contributed by atoms with Gasteiger partial charge in [0.05, 0.1) is 12.8 Å². The van der Waals surface area contributed by atoms with Crippen LogP contribution in [-0.4, -0.2) is 23.0 Å². The third-order valence-corrected chi connectivity index (χ3v) is 2.48. The zero-order valence-electron chi connectivity index (χ0n) is 9.05. The highest BCUT2D eigenvalue weighted by atomic mass is 35.5. The number of pyridine rings is 2. The van der Waals surface area contributed by atoms with Crippen molar-refractivity contribution in [3.8, 4) is 11.3 Å². The van der Waals surface area contributed by atoms with E-state index in [9.17, 15) is 4.79 Å². The topological polar surface area (TPSA) is 52.1 Å². The van der Waals surface area contributed by atoms with Gasteiger partial charge in [0.25, 0.3) is 0 Å². The summed E-state index contributed by atoms with van der Waals surface area (Å²) in [6.45, 7) is 0. The number of nitrogens with zero attached hydrogens (tertiary/aromatic N) is 2. The number of hydrogen-bond acceptors (Lipinski definition) is 4. The summed E-state index contributed by atoms with van der Waals surface area (Å²) >= 11 is 5.96. The molecule has 0 amide bonds. The second kappa shape index (κ2) is 4.93. The number of ether oxygens (including phenoxy) is 1. The fraction of sp³-hybridized carbons (Fsp3) is 0.0833. The van der Waals surface area contributed by atoms with Gasteiger partial charge in [0.15, 0.2) is 0 Å². The Morgan fingerprint density at radius 1 is 1.29 bits per heavy atom. The summed E-state index contributed by atoms with van der Waals surface area (Å²) in [6.07, 6.45) is 1.59. The first-order valence-electron chi connectivity index (χ1n) is 4.88. The molecule has 2 aromatic heterocycles. The van der Waals surface area contributed by atoms with Crippen molar-refractivity contribution >= 4 is 17.6 Å². The van der Waals surface area contributed by atoms with Crippen molar-refractivity contribution in [2.75, 3.05) is 7.11 Å². The van der Waals surface area contributed by atoms with Crippen LogP contribution in [0.4, 0.5) is 0 Å². The molecule has 17 heavy (non-hydrogen) atoms. The van der Waals surface area contributed by atoms with Gasteiger partial charge in [-0.3, -0.25) is 0 Å². The summed E-state index contributed by atoms with van der Waals surface area (Å²) in [5.74, 6) is -0.480. The summed E-state index contributed by atoms with van der Waals surface area (Å²) in [5.41, 5.74) is 1.51. The Morgan fingerprint density at radius 2 is 2.12 bits per heavy atom. The van der Waals surface area contributed by atoms with E-state index in [1.54, 1.807) is 36.5 Å². The molecule has 0 radical (unpaired) electrons. The van der Waals surface area contributed by atoms with Gasteiger partial charge in [-0.25, -0.2) is 14.8 Å². The van der Waals surface area contributed by atoms with Crippen molar-refractivity contribution in [1.29, 1.82) is 0 Å². The fourth-order valence-electron chi connectivity index (χ4n) is 1.38. The minimum atomic E-state index is -0.480. The molecule has 86 valence electrons. The molecule has 0 aromatic carbocycles. The molecule has 2 aromatic rings. The van der Waals surface area contributed by atoms with Crippen LogP contribution in [0, 0.1) is 0 Å². The molecule has 0 aliphatic heterocycles. The smallest absolute Gasteiger partial charge is 0.356 e. The van der Waals surface area contributed by atoms with E-state index in [-0.39, 0.29) is 5.69 Å². The number of aromatic nitrogens is 2. The standard InChI is InChI=1S/C12H9ClN2O2/c1-17-12(16)10-6-2-5-9(15-10)8-4-3-7-14-11(8)13/h2-7H,1H3. The van der Waals surface area contributed by atoms with Crippen LogP contribution in [0.25, 0.3) is 11.3 Å². The zero-order chi connectivity index (χ0) is 12.3. The van der Waals surface area contributed by atoms with Gasteiger partial charge in [-0.1, -0.05) is 17.7 Å². The van der Waals surface area contributed by atoms with Crippen LogP contribution in [0.3, 0.4) is 0 Å². The average molecular weight is 249 g/mol. The van der Waals surface area contributed by atoms with Crippen molar-refractivity contribution in [2.24, 2.45) is 0 Å². The molecule has 0 atom stereocenters. The number of halogens is 1. The first kappa shape index (κ1) is 11.5. The number of carbonyl (C=O) groups excluding carboxylic acids is 1. The number of methoxy groups -OCH3 is 1. The Hall–Kier alpha value is -1.94. The number of rotatable bonds is 2. The molecular formula is C12H9ClN2O2. The Morgan fingerprint density at radius 3 is 2.82 bits per heavy atom. The molecular weight excluding hydrogens is 240 g/mol. The summed E-state index contributed by atoms with van der Waals surface area (Å²) in [6, 6.07) is 8.61. The van der Waals surface area contributed by atoms with Gasteiger partial charge in [0.1, 0.15) is 10.8 Å². The van der Waals surface area contributed by atoms with Gasteiger partial charge in [-0.05, 0) is 24.3 Å². The summed E-state index contributed by atoms with van der Waals surface area (Å²) < 4.78 is 4.61. The molecule has 5 heteroatoms. The summed E-state index contributed by atoms with van der Waals surface area (Å²) in [7, 11) is 1.31. The minimum Gasteiger partial charge on any atom is -0.464 e. The van der Waals surface area contributed by atoms with E-state index in [1.807, 2.05) is 0 Å². The van der Waals surface area contributed by atoms with Gasteiger partial charge in [0, 0.05) is 11.8 Å². The van der Waals surface area contributed by atoms with Crippen LogP contribution < -0.4 is 0 Å². The lowest BCUT2D eigenvalue weighted by Gasteiger charge is -2.04. The van der Waals surface area contributed by atoms with E-state index in [0.717, 1.165) is 0 Å². The van der Waals surface area contributed by atoms with Crippen LogP contribution in [0.15, 0.2) is 36.5 Å². The van der Waals surface area contributed by atoms with Gasteiger partial charge < -0.3 is 4.74 Å². The van der Waals surface area contributed by atoms with E-state index in [1.165, 1.54) is 7.11 Å². The van der Waals surface area contributed by atoms with Crippen LogP contribution in [0.5, 0.6) is 0 Å². The zero-order valence-corrected chi connectivity index (χ0v) is 9.81. The highest BCUT2D eigenvalue weighted by Gasteiger charge is 2.10. The fourth-order valence-corrected chi connectivity index (χ4v) is 1.60. The lowest BCUT2D eigenvalue weighted by molar-refractivity contribution is 0.0594. The first-order chi connectivity index (χ1) is 8.22. The SMILES string of the molecule is COC(=O)c1cccc(-c2cccnc2Cl)n1. The Kier molecular flexibility index (Phi) is 3.35. The largest absolute Gasteiger partial charge is 0.464 e. The van der Waals surface area contributed by atoms with Crippen LogP contribution in [-0.2, 0) is 4.74 Å². The lowest BCUT2D eigenvalue weighted by atomic mass is 10.2. The minimum absolute atomic E-state index is 0.241. The van der Waals surface area contributed by atoms with E-state index in [0.29, 0.717) is 16.4 Å². The van der Waals surface area contributed by atoms with E-state index >= 15 is 0 Å². The molecule has 0 bridgehead atoms. The highest BCUT2D eigenvalue weighted by molar-refractivity contribution is 6.32. The van der Waals surface area contributed by atoms with Crippen LogP contribution in [0.1, 0.15) is 10.5 Å². The molecule has 0 spiro atoms. The Labute approximate surface area is 103 Å². The number of hydrogen-bond donors (Lipinski definition) is 0. The van der Waals surface area contributed by atoms with E-state index in [2.05, 4.69) is 14.7 Å². The molecule has 0 unspecified atom stereocenters. The van der Waals surface area contributed by atoms with E-state index in [4.69, 9.17) is 11.6 Å². The molecule has 2 heterocycles. The maximum Gasteiger partial charge on any atom is 0.356 e. The van der Waals surface area contributed by atoms with Crippen molar-refractivity contribution in [3.05, 3.63) is 47.4 Å². The molecule has 0 saturated carbocycles. The molecule has 4 nitrogen and oxygen atoms in total. The van der Waals surface area contributed by atoms with Crippen LogP contribution in [0.2, 0.25) is 5.15 Å². The molecule has 0 aliphatic rings. The molecule has 0 aliphatic carbocycles. The first-order valence-corrected chi connectivity index (χ1v) is 5.26. The second-order valence-corrected chi connectivity index (χ2v) is 3.60. The number of esters is 1. The predicted octanol–water partition coefficient (Wildman–Crippen LogP) is 2.58. The molecule has 0 N–H and O–H groups in total. The van der Waals surface area contributed by atoms with Crippen molar-refractivity contribution < 1.29 is 9.53 Å². The van der Waals surface area contributed by atoms with Gasteiger partial charge in [-0.2, -0.15) is 0 Å². The summed E-state index contributed by atoms with van der Waals surface area (Å²) in [5, 5.41) is 0.349. The number of carbonyl (C=O) groups is 1. The highest BCUT2D eigenvalue weighted by Crippen LogP contribution is 2.23. The maximum absolute atomic E-state index is 11.3. The van der Waals surface area contributed by atoms with Gasteiger partial charge in [-0.15, -0.1) is 0 Å². The van der Waals surface area contributed by atoms with Gasteiger partial charge in [0.2, 0.25) is 0 Å². The lowest BCUT2D eigenvalue weighted by Crippen LogP contribution is -2.04. The summed E-state index contributed by atoms with van der Waals surface area (Å²) in [4.78, 5) is 19.5. The monoisotopic (exact) mass is 248 g/mol. The normalized spacial score (nSPS) is 10.0. The third kappa shape index (κ3) is 2.42. The van der Waals surface area contributed by atoms with Gasteiger partial charge >= 0.3 is 5.97 Å². The maximum atomic E-state index is 11.3. The molecule has 0 fully saturated rings. The van der Waals surface area contributed by atoms with Crippen molar-refractivity contribution in [3.63, 3.8) is 0 Å². The molecule has 2 rings (SSSR count). The quantitative estimate of drug-likeness (QED) is 0.606. The Balaban J connectivity index is 2.47. The van der Waals surface area contributed by atoms with Crippen molar-refractivity contribution in [1.82, 2.24) is 9.97 Å². The van der Waals surface area contributed by atoms with Crippen LogP contribution >= 0.6 is 11.6 Å². The average Bonchev–Trinajstić information content (AvgIpc) is 2.38. The van der Waals surface area contributed by atoms with E-state index < -0.39 is 5.97 Å². The third-order valence-electron chi connectivity index (χ3n) is 2.18. The molecule has 0 saturated heterocycles.